The molecule has 0 spiro atoms. The average Bonchev–Trinajstić information content (AvgIpc) is 2.83. The van der Waals surface area contributed by atoms with E-state index in [1.165, 1.54) is 71.0 Å². The molecule has 0 saturated carbocycles. The SMILES string of the molecule is CC(=O)Oc1cc[c]([Bi]([O]C(C)=O)([O]C(C)=O)([c]2ccc(OC(C)=O)cc2)[c]2ccc(OC(C)=O)cc2)cc1. The molecule has 0 aromatic heterocycles. The summed E-state index contributed by atoms with van der Waals surface area (Å²) in [6, 6.07) is 18.4. The summed E-state index contributed by atoms with van der Waals surface area (Å²) in [6.45, 7) is 6.17. The Morgan fingerprint density at radius 1 is 0.410 bits per heavy atom. The zero-order valence-corrected chi connectivity index (χ0v) is 25.4. The molecular formula is C28H27BiO10. The van der Waals surface area contributed by atoms with Crippen LogP contribution in [-0.2, 0) is 29.6 Å². The summed E-state index contributed by atoms with van der Waals surface area (Å²) in [5.41, 5.74) is 0. The molecule has 3 aromatic rings. The summed E-state index contributed by atoms with van der Waals surface area (Å²) >= 11 is -6.31. The first-order valence-electron chi connectivity index (χ1n) is 11.7. The first kappa shape index (κ1) is 29.4. The number of ether oxygens (including phenoxy) is 3. The summed E-state index contributed by atoms with van der Waals surface area (Å²) in [7, 11) is 0. The van der Waals surface area contributed by atoms with Crippen molar-refractivity contribution in [2.24, 2.45) is 0 Å². The van der Waals surface area contributed by atoms with Crippen LogP contribution >= 0.6 is 0 Å². The molecule has 3 aromatic carbocycles. The molecular weight excluding hydrogens is 705 g/mol. The van der Waals surface area contributed by atoms with E-state index in [2.05, 4.69) is 0 Å². The quantitative estimate of drug-likeness (QED) is 0.193. The van der Waals surface area contributed by atoms with E-state index in [0.29, 0.717) is 9.81 Å². The summed E-state index contributed by atoms with van der Waals surface area (Å²) in [6.07, 6.45) is 0. The minimum absolute atomic E-state index is 0.225. The van der Waals surface area contributed by atoms with E-state index >= 15 is 0 Å². The Morgan fingerprint density at radius 3 is 0.821 bits per heavy atom. The average molecular weight is 732 g/mol. The summed E-state index contributed by atoms with van der Waals surface area (Å²) in [5.74, 6) is -2.36. The van der Waals surface area contributed by atoms with Crippen LogP contribution in [0, 0.1) is 0 Å². The molecule has 0 saturated heterocycles. The van der Waals surface area contributed by atoms with Gasteiger partial charge in [0, 0.05) is 0 Å². The molecule has 0 aliphatic rings. The molecule has 0 atom stereocenters. The first-order chi connectivity index (χ1) is 18.3. The minimum atomic E-state index is -6.31. The van der Waals surface area contributed by atoms with E-state index in [1.54, 1.807) is 36.4 Å². The molecule has 0 fully saturated rings. The van der Waals surface area contributed by atoms with Crippen molar-refractivity contribution in [1.82, 2.24) is 0 Å². The van der Waals surface area contributed by atoms with Crippen LogP contribution in [0.3, 0.4) is 0 Å². The molecule has 204 valence electrons. The summed E-state index contributed by atoms with van der Waals surface area (Å²) in [4.78, 5) is 60.1. The van der Waals surface area contributed by atoms with Gasteiger partial charge in [0.1, 0.15) is 0 Å². The molecule has 0 N–H and O–H groups in total. The zero-order chi connectivity index (χ0) is 28.8. The van der Waals surface area contributed by atoms with Gasteiger partial charge in [0.2, 0.25) is 0 Å². The van der Waals surface area contributed by atoms with E-state index in [-0.39, 0.29) is 17.2 Å². The fraction of sp³-hybridized carbons (Fsp3) is 0.179. The van der Waals surface area contributed by atoms with Gasteiger partial charge in [-0.2, -0.15) is 0 Å². The fourth-order valence-electron chi connectivity index (χ4n) is 4.13. The fourth-order valence-corrected chi connectivity index (χ4v) is 22.1. The molecule has 0 unspecified atom stereocenters. The Kier molecular flexibility index (Phi) is 8.86. The standard InChI is InChI=1S/3C8H7O2.2C2H4O2.Bi/c3*1-7(9)10-8-5-3-2-4-6-8;2*1-2(3)4;/h3*3-6H,1H3;2*1H3,(H,3,4);/q;;;;;+2/p-2. The third kappa shape index (κ3) is 6.31. The molecule has 39 heavy (non-hydrogen) atoms. The molecule has 3 rings (SSSR count). The second-order valence-electron chi connectivity index (χ2n) is 8.39. The van der Waals surface area contributed by atoms with Gasteiger partial charge < -0.3 is 0 Å². The van der Waals surface area contributed by atoms with Gasteiger partial charge in [-0.05, 0) is 0 Å². The molecule has 0 heterocycles. The third-order valence-electron chi connectivity index (χ3n) is 5.31. The van der Waals surface area contributed by atoms with Crippen LogP contribution in [0.5, 0.6) is 17.2 Å². The Balaban J connectivity index is 2.45. The van der Waals surface area contributed by atoms with E-state index in [1.807, 2.05) is 0 Å². The van der Waals surface area contributed by atoms with Crippen LogP contribution in [-0.4, -0.2) is 49.5 Å². The van der Waals surface area contributed by atoms with Crippen LogP contribution in [0.15, 0.2) is 72.8 Å². The third-order valence-corrected chi connectivity index (χ3v) is 24.4. The second kappa shape index (κ2) is 11.7. The van der Waals surface area contributed by atoms with Crippen LogP contribution in [0.4, 0.5) is 0 Å². The normalized spacial score (nSPS) is 11.8. The monoisotopic (exact) mass is 732 g/mol. The van der Waals surface area contributed by atoms with E-state index in [9.17, 15) is 24.0 Å². The number of esters is 3. The Bertz CT molecular complexity index is 1240. The first-order valence-corrected chi connectivity index (χ1v) is 19.7. The maximum atomic E-state index is 12.8. The topological polar surface area (TPSA) is 132 Å². The molecule has 11 heteroatoms. The second-order valence-corrected chi connectivity index (χ2v) is 23.3. The van der Waals surface area contributed by atoms with Gasteiger partial charge in [0.05, 0.1) is 0 Å². The van der Waals surface area contributed by atoms with Gasteiger partial charge in [-0.25, -0.2) is 0 Å². The van der Waals surface area contributed by atoms with Crippen LogP contribution in [0.1, 0.15) is 34.6 Å². The molecule has 0 bridgehead atoms. The number of carbonyl (C=O) groups excluding carboxylic acids is 5. The molecule has 10 nitrogen and oxygen atoms in total. The van der Waals surface area contributed by atoms with E-state index < -0.39 is 49.5 Å². The predicted molar refractivity (Wildman–Crippen MR) is 141 cm³/mol. The zero-order valence-electron chi connectivity index (χ0n) is 22.0. The number of carbonyl (C=O) groups is 5. The van der Waals surface area contributed by atoms with Gasteiger partial charge >= 0.3 is 228 Å². The molecule has 0 aliphatic carbocycles. The van der Waals surface area contributed by atoms with Gasteiger partial charge in [0.25, 0.3) is 0 Å². The Morgan fingerprint density at radius 2 is 0.641 bits per heavy atom. The van der Waals surface area contributed by atoms with Crippen molar-refractivity contribution in [3.05, 3.63) is 72.8 Å². The molecule has 0 aliphatic heterocycles. The summed E-state index contributed by atoms with van der Waals surface area (Å²) < 4.78 is 29.1. The molecule has 0 amide bonds. The van der Waals surface area contributed by atoms with Crippen molar-refractivity contribution in [3.63, 3.8) is 0 Å². The van der Waals surface area contributed by atoms with E-state index in [4.69, 9.17) is 19.8 Å². The van der Waals surface area contributed by atoms with Crippen LogP contribution < -0.4 is 24.0 Å². The van der Waals surface area contributed by atoms with Crippen molar-refractivity contribution < 1.29 is 43.8 Å². The van der Waals surface area contributed by atoms with Crippen LogP contribution in [0.2, 0.25) is 0 Å². The van der Waals surface area contributed by atoms with Crippen molar-refractivity contribution >= 4 is 59.3 Å². The van der Waals surface area contributed by atoms with Gasteiger partial charge in [-0.15, -0.1) is 0 Å². The molecule has 0 radical (unpaired) electrons. The summed E-state index contributed by atoms with van der Waals surface area (Å²) in [5, 5.41) is 0. The number of rotatable bonds is 8. The predicted octanol–water partition coefficient (Wildman–Crippen LogP) is 2.01. The van der Waals surface area contributed by atoms with Crippen molar-refractivity contribution in [1.29, 1.82) is 0 Å². The van der Waals surface area contributed by atoms with Crippen molar-refractivity contribution in [3.8, 4) is 17.2 Å². The Hall–Kier alpha value is -4.11. The van der Waals surface area contributed by atoms with Gasteiger partial charge in [-0.3, -0.25) is 0 Å². The number of benzene rings is 3. The van der Waals surface area contributed by atoms with Crippen LogP contribution in [0.25, 0.3) is 0 Å². The van der Waals surface area contributed by atoms with E-state index in [0.717, 1.165) is 0 Å². The number of hydrogen-bond donors (Lipinski definition) is 0. The van der Waals surface area contributed by atoms with Crippen molar-refractivity contribution in [2.45, 2.75) is 34.6 Å². The van der Waals surface area contributed by atoms with Gasteiger partial charge in [-0.1, -0.05) is 0 Å². The van der Waals surface area contributed by atoms with Gasteiger partial charge in [0.15, 0.2) is 0 Å². The maximum absolute atomic E-state index is 12.8. The van der Waals surface area contributed by atoms with Crippen molar-refractivity contribution in [2.75, 3.05) is 0 Å². The number of hydrogen-bond acceptors (Lipinski definition) is 10. The Labute approximate surface area is 227 Å².